The fourth-order valence-electron chi connectivity index (χ4n) is 4.70. The summed E-state index contributed by atoms with van der Waals surface area (Å²) in [4.78, 5) is 30.3. The lowest BCUT2D eigenvalue weighted by atomic mass is 9.94. The van der Waals surface area contributed by atoms with Crippen molar-refractivity contribution in [1.29, 1.82) is 0 Å². The molecule has 2 N–H and O–H groups in total. The molecule has 0 bridgehead atoms. The number of rotatable bonds is 9. The number of esters is 1. The van der Waals surface area contributed by atoms with Gasteiger partial charge in [0.05, 0.1) is 37.6 Å². The molecule has 2 aromatic carbocycles. The van der Waals surface area contributed by atoms with Gasteiger partial charge >= 0.3 is 12.0 Å². The topological polar surface area (TPSA) is 92.4 Å². The van der Waals surface area contributed by atoms with Crippen molar-refractivity contribution in [2.45, 2.75) is 19.9 Å². The second-order valence-electron chi connectivity index (χ2n) is 8.55. The highest BCUT2D eigenvalue weighted by Gasteiger charge is 2.36. The molecule has 0 aliphatic carbocycles. The first-order valence-corrected chi connectivity index (χ1v) is 12.3. The largest absolute Gasteiger partial charge is 0.496 e. The van der Waals surface area contributed by atoms with E-state index in [0.717, 1.165) is 37.6 Å². The maximum absolute atomic E-state index is 13.1. The number of benzene rings is 2. The third kappa shape index (κ3) is 5.57. The van der Waals surface area contributed by atoms with Crippen LogP contribution in [0.25, 0.3) is 0 Å². The third-order valence-electron chi connectivity index (χ3n) is 6.36. The summed E-state index contributed by atoms with van der Waals surface area (Å²) in [5.41, 5.74) is 2.73. The van der Waals surface area contributed by atoms with Gasteiger partial charge in [-0.3, -0.25) is 4.90 Å². The zero-order valence-corrected chi connectivity index (χ0v) is 21.1. The van der Waals surface area contributed by atoms with Crippen molar-refractivity contribution in [2.24, 2.45) is 0 Å². The molecule has 2 heterocycles. The van der Waals surface area contributed by atoms with E-state index in [9.17, 15) is 9.59 Å². The maximum Gasteiger partial charge on any atom is 0.338 e. The molecule has 0 unspecified atom stereocenters. The van der Waals surface area contributed by atoms with Crippen LogP contribution < -0.4 is 25.0 Å². The van der Waals surface area contributed by atoms with Gasteiger partial charge in [0.15, 0.2) is 0 Å². The van der Waals surface area contributed by atoms with Crippen LogP contribution in [0.15, 0.2) is 59.8 Å². The van der Waals surface area contributed by atoms with Crippen molar-refractivity contribution in [2.75, 3.05) is 57.9 Å². The molecule has 0 radical (unpaired) electrons. The Morgan fingerprint density at radius 1 is 0.972 bits per heavy atom. The second-order valence-corrected chi connectivity index (χ2v) is 8.55. The summed E-state index contributed by atoms with van der Waals surface area (Å²) >= 11 is 0. The molecule has 0 spiro atoms. The number of carbonyl (C=O) groups is 2. The van der Waals surface area contributed by atoms with Crippen LogP contribution in [0.4, 0.5) is 10.5 Å². The molecule has 0 saturated carbocycles. The summed E-state index contributed by atoms with van der Waals surface area (Å²) in [6, 6.07) is 14.4. The zero-order chi connectivity index (χ0) is 25.5. The van der Waals surface area contributed by atoms with E-state index in [1.54, 1.807) is 14.0 Å². The minimum absolute atomic E-state index is 0.236. The van der Waals surface area contributed by atoms with Crippen molar-refractivity contribution in [1.82, 2.24) is 15.5 Å². The van der Waals surface area contributed by atoms with E-state index in [2.05, 4.69) is 26.5 Å². The van der Waals surface area contributed by atoms with Gasteiger partial charge in [0.1, 0.15) is 11.5 Å². The number of hydrogen-bond acceptors (Lipinski definition) is 7. The lowest BCUT2D eigenvalue weighted by Gasteiger charge is -2.38. The first kappa shape index (κ1) is 25.4. The Kier molecular flexibility index (Phi) is 8.32. The number of anilines is 1. The zero-order valence-electron chi connectivity index (χ0n) is 21.1. The van der Waals surface area contributed by atoms with Gasteiger partial charge in [-0.2, -0.15) is 0 Å². The number of nitrogens with zero attached hydrogens (tertiary/aromatic N) is 2. The molecule has 1 fully saturated rings. The number of methoxy groups -OCH3 is 1. The van der Waals surface area contributed by atoms with Crippen molar-refractivity contribution < 1.29 is 23.8 Å². The van der Waals surface area contributed by atoms with E-state index in [4.69, 9.17) is 14.2 Å². The standard InChI is InChI=1S/C27H34N4O5/c1-4-35-23-13-9-7-11-21(23)31-16-14-30(15-17-31)18-20-24(26(32)36-5-2)25(29-27(33)28-20)19-10-6-8-12-22(19)34-3/h6-13,25H,4-5,14-18H2,1-3H3,(H2,28,29,33)/t25-/m1/s1. The highest BCUT2D eigenvalue weighted by molar-refractivity contribution is 5.95. The lowest BCUT2D eigenvalue weighted by molar-refractivity contribution is -0.139. The van der Waals surface area contributed by atoms with Gasteiger partial charge in [0.2, 0.25) is 0 Å². The van der Waals surface area contributed by atoms with Gasteiger partial charge in [-0.1, -0.05) is 30.3 Å². The van der Waals surface area contributed by atoms with Crippen LogP contribution >= 0.6 is 0 Å². The SMILES string of the molecule is CCOC(=O)C1=C(CN2CCN(c3ccccc3OCC)CC2)NC(=O)N[C@@H]1c1ccccc1OC. The lowest BCUT2D eigenvalue weighted by Crippen LogP contribution is -2.52. The summed E-state index contributed by atoms with van der Waals surface area (Å²) in [6.07, 6.45) is 0. The highest BCUT2D eigenvalue weighted by atomic mass is 16.5. The van der Waals surface area contributed by atoms with E-state index in [0.29, 0.717) is 35.7 Å². The predicted octanol–water partition coefficient (Wildman–Crippen LogP) is 3.09. The minimum Gasteiger partial charge on any atom is -0.496 e. The maximum atomic E-state index is 13.1. The van der Waals surface area contributed by atoms with Gasteiger partial charge in [0, 0.05) is 44.0 Å². The number of carbonyl (C=O) groups excluding carboxylic acids is 2. The number of amides is 2. The number of urea groups is 1. The summed E-state index contributed by atoms with van der Waals surface area (Å²) in [6.45, 7) is 8.16. The second kappa shape index (κ2) is 11.8. The molecule has 2 aliphatic rings. The Bertz CT molecular complexity index is 1110. The molecular weight excluding hydrogens is 460 g/mol. The monoisotopic (exact) mass is 494 g/mol. The first-order chi connectivity index (χ1) is 17.5. The van der Waals surface area contributed by atoms with Crippen molar-refractivity contribution in [3.8, 4) is 11.5 Å². The van der Waals surface area contributed by atoms with E-state index < -0.39 is 12.0 Å². The van der Waals surface area contributed by atoms with Crippen LogP contribution in [0.1, 0.15) is 25.5 Å². The number of para-hydroxylation sites is 3. The molecule has 2 aliphatic heterocycles. The third-order valence-corrected chi connectivity index (χ3v) is 6.36. The average Bonchev–Trinajstić information content (AvgIpc) is 2.89. The number of nitrogens with one attached hydrogen (secondary N) is 2. The molecule has 1 saturated heterocycles. The van der Waals surface area contributed by atoms with Gasteiger partial charge in [0.25, 0.3) is 0 Å². The number of piperazine rings is 1. The Morgan fingerprint density at radius 3 is 2.36 bits per heavy atom. The van der Waals surface area contributed by atoms with Crippen molar-refractivity contribution in [3.63, 3.8) is 0 Å². The molecule has 36 heavy (non-hydrogen) atoms. The van der Waals surface area contributed by atoms with Gasteiger partial charge < -0.3 is 29.7 Å². The number of ether oxygens (including phenoxy) is 3. The van der Waals surface area contributed by atoms with Crippen LogP contribution in [0.2, 0.25) is 0 Å². The van der Waals surface area contributed by atoms with Crippen molar-refractivity contribution in [3.05, 3.63) is 65.4 Å². The molecule has 2 amide bonds. The Hall–Kier alpha value is -3.72. The van der Waals surface area contributed by atoms with E-state index in [-0.39, 0.29) is 12.6 Å². The molecular formula is C27H34N4O5. The van der Waals surface area contributed by atoms with Crippen LogP contribution in [-0.2, 0) is 9.53 Å². The smallest absolute Gasteiger partial charge is 0.338 e. The highest BCUT2D eigenvalue weighted by Crippen LogP contribution is 2.34. The molecule has 9 heteroatoms. The predicted molar refractivity (Wildman–Crippen MR) is 137 cm³/mol. The molecule has 1 atom stereocenters. The first-order valence-electron chi connectivity index (χ1n) is 12.3. The molecule has 2 aromatic rings. The molecule has 4 rings (SSSR count). The Morgan fingerprint density at radius 2 is 1.67 bits per heavy atom. The molecule has 192 valence electrons. The normalized spacial score (nSPS) is 18.4. The van der Waals surface area contributed by atoms with E-state index >= 15 is 0 Å². The summed E-state index contributed by atoms with van der Waals surface area (Å²) in [7, 11) is 1.57. The Balaban J connectivity index is 1.57. The fourth-order valence-corrected chi connectivity index (χ4v) is 4.70. The molecule has 0 aromatic heterocycles. The van der Waals surface area contributed by atoms with Crippen LogP contribution in [0, 0.1) is 0 Å². The van der Waals surface area contributed by atoms with E-state index in [1.165, 1.54) is 0 Å². The van der Waals surface area contributed by atoms with Crippen molar-refractivity contribution >= 4 is 17.7 Å². The van der Waals surface area contributed by atoms with Gasteiger partial charge in [-0.15, -0.1) is 0 Å². The quantitative estimate of drug-likeness (QED) is 0.518. The summed E-state index contributed by atoms with van der Waals surface area (Å²) in [5.74, 6) is 1.01. The van der Waals surface area contributed by atoms with Gasteiger partial charge in [-0.25, -0.2) is 9.59 Å². The summed E-state index contributed by atoms with van der Waals surface area (Å²) in [5, 5.41) is 5.75. The minimum atomic E-state index is -0.677. The van der Waals surface area contributed by atoms with Crippen LogP contribution in [0.3, 0.4) is 0 Å². The van der Waals surface area contributed by atoms with Gasteiger partial charge in [-0.05, 0) is 32.0 Å². The number of hydrogen-bond donors (Lipinski definition) is 2. The Labute approximate surface area is 212 Å². The van der Waals surface area contributed by atoms with Crippen LogP contribution in [0.5, 0.6) is 11.5 Å². The fraction of sp³-hybridized carbons (Fsp3) is 0.407. The summed E-state index contributed by atoms with van der Waals surface area (Å²) < 4.78 is 16.7. The average molecular weight is 495 g/mol. The van der Waals surface area contributed by atoms with Crippen LogP contribution in [-0.4, -0.2) is 69.9 Å². The molecule has 9 nitrogen and oxygen atoms in total. The van der Waals surface area contributed by atoms with E-state index in [1.807, 2.05) is 49.4 Å².